The maximum atomic E-state index is 12.1. The molecule has 0 radical (unpaired) electrons. The van der Waals surface area contributed by atoms with Gasteiger partial charge in [-0.15, -0.1) is 0 Å². The summed E-state index contributed by atoms with van der Waals surface area (Å²) in [6.45, 7) is 5.89. The lowest BCUT2D eigenvalue weighted by Gasteiger charge is -2.11. The van der Waals surface area contributed by atoms with Crippen molar-refractivity contribution in [3.05, 3.63) is 88.8 Å². The summed E-state index contributed by atoms with van der Waals surface area (Å²) in [5, 5.41) is 5.86. The van der Waals surface area contributed by atoms with Crippen LogP contribution in [0, 0.1) is 20.8 Å². The van der Waals surface area contributed by atoms with E-state index in [0.717, 1.165) is 33.5 Å². The summed E-state index contributed by atoms with van der Waals surface area (Å²) in [6, 6.07) is 19.4. The average molecular weight is 460 g/mol. The normalized spacial score (nSPS) is 10.8. The highest BCUT2D eigenvalue weighted by Gasteiger charge is 2.10. The van der Waals surface area contributed by atoms with Crippen molar-refractivity contribution in [1.82, 2.24) is 10.3 Å². The zero-order valence-corrected chi connectivity index (χ0v) is 19.6. The van der Waals surface area contributed by atoms with Crippen LogP contribution < -0.4 is 15.4 Å². The van der Waals surface area contributed by atoms with Gasteiger partial charge in [0.25, 0.3) is 5.91 Å². The molecule has 0 saturated heterocycles. The SMILES string of the molecule is Cc1cc(C)c2oc(Cc3ccc(NC(=S)NC(=O)COc4ccccc4C)cc3)nc2c1. The highest BCUT2D eigenvalue weighted by Crippen LogP contribution is 2.23. The van der Waals surface area contributed by atoms with Gasteiger partial charge >= 0.3 is 0 Å². The molecule has 0 atom stereocenters. The molecule has 0 fully saturated rings. The van der Waals surface area contributed by atoms with Crippen molar-refractivity contribution in [2.45, 2.75) is 27.2 Å². The molecule has 168 valence electrons. The second-order valence-corrected chi connectivity index (χ2v) is 8.38. The number of anilines is 1. The molecule has 4 rings (SSSR count). The lowest BCUT2D eigenvalue weighted by Crippen LogP contribution is -2.37. The predicted octanol–water partition coefficient (Wildman–Crippen LogP) is 5.24. The number of aryl methyl sites for hydroxylation is 3. The third-order valence-corrected chi connectivity index (χ3v) is 5.34. The van der Waals surface area contributed by atoms with E-state index in [4.69, 9.17) is 21.4 Å². The Kier molecular flexibility index (Phi) is 6.70. The van der Waals surface area contributed by atoms with E-state index in [9.17, 15) is 4.79 Å². The number of carbonyl (C=O) groups is 1. The van der Waals surface area contributed by atoms with Gasteiger partial charge in [0.1, 0.15) is 11.3 Å². The van der Waals surface area contributed by atoms with Crippen LogP contribution in [0.15, 0.2) is 65.1 Å². The highest BCUT2D eigenvalue weighted by molar-refractivity contribution is 7.80. The van der Waals surface area contributed by atoms with Gasteiger partial charge in [0.05, 0.1) is 0 Å². The van der Waals surface area contributed by atoms with Crippen LogP contribution in [0.3, 0.4) is 0 Å². The van der Waals surface area contributed by atoms with Crippen LogP contribution in [0.1, 0.15) is 28.1 Å². The molecule has 0 aliphatic carbocycles. The van der Waals surface area contributed by atoms with Crippen molar-refractivity contribution in [2.75, 3.05) is 11.9 Å². The molecular formula is C26H25N3O3S. The second-order valence-electron chi connectivity index (χ2n) is 7.97. The summed E-state index contributed by atoms with van der Waals surface area (Å²) < 4.78 is 11.5. The molecule has 1 aromatic heterocycles. The second kappa shape index (κ2) is 9.83. The van der Waals surface area contributed by atoms with Gasteiger partial charge in [-0.25, -0.2) is 4.98 Å². The van der Waals surface area contributed by atoms with E-state index in [2.05, 4.69) is 28.6 Å². The maximum absolute atomic E-state index is 12.1. The molecule has 4 aromatic rings. The van der Waals surface area contributed by atoms with Crippen LogP contribution in [0.5, 0.6) is 5.75 Å². The van der Waals surface area contributed by atoms with Crippen LogP contribution in [0.2, 0.25) is 0 Å². The summed E-state index contributed by atoms with van der Waals surface area (Å²) in [5.41, 5.74) is 6.77. The van der Waals surface area contributed by atoms with Crippen LogP contribution >= 0.6 is 12.2 Å². The number of nitrogens with one attached hydrogen (secondary N) is 2. The molecule has 0 unspecified atom stereocenters. The summed E-state index contributed by atoms with van der Waals surface area (Å²) in [7, 11) is 0. The Morgan fingerprint density at radius 1 is 1.03 bits per heavy atom. The first-order chi connectivity index (χ1) is 15.9. The number of thiocarbonyl (C=S) groups is 1. The monoisotopic (exact) mass is 459 g/mol. The topological polar surface area (TPSA) is 76.4 Å². The van der Waals surface area contributed by atoms with Gasteiger partial charge in [-0.05, 0) is 79.5 Å². The minimum absolute atomic E-state index is 0.116. The fourth-order valence-electron chi connectivity index (χ4n) is 3.57. The predicted molar refractivity (Wildman–Crippen MR) is 134 cm³/mol. The lowest BCUT2D eigenvalue weighted by molar-refractivity contribution is -0.121. The van der Waals surface area contributed by atoms with Crippen molar-refractivity contribution in [2.24, 2.45) is 0 Å². The fraction of sp³-hybridized carbons (Fsp3) is 0.192. The Balaban J connectivity index is 1.30. The number of rotatable bonds is 6. The van der Waals surface area contributed by atoms with Gasteiger partial charge in [0, 0.05) is 12.1 Å². The Morgan fingerprint density at radius 3 is 2.55 bits per heavy atom. The standard InChI is InChI=1S/C26H25N3O3S/c1-16-12-18(3)25-21(13-16)28-24(32-25)14-19-8-10-20(11-9-19)27-26(33)29-23(30)15-31-22-7-5-4-6-17(22)2/h4-13H,14-15H2,1-3H3,(H2,27,29,30,33). The minimum Gasteiger partial charge on any atom is -0.483 e. The first-order valence-corrected chi connectivity index (χ1v) is 11.0. The largest absolute Gasteiger partial charge is 0.483 e. The van der Waals surface area contributed by atoms with E-state index in [1.807, 2.05) is 68.4 Å². The summed E-state index contributed by atoms with van der Waals surface area (Å²) in [4.78, 5) is 16.7. The molecule has 3 aromatic carbocycles. The van der Waals surface area contributed by atoms with Gasteiger partial charge in [-0.2, -0.15) is 0 Å². The fourth-order valence-corrected chi connectivity index (χ4v) is 3.80. The third kappa shape index (κ3) is 5.75. The minimum atomic E-state index is -0.325. The van der Waals surface area contributed by atoms with Gasteiger partial charge in [0.2, 0.25) is 0 Å². The maximum Gasteiger partial charge on any atom is 0.264 e. The van der Waals surface area contributed by atoms with Crippen LogP contribution in [0.4, 0.5) is 5.69 Å². The number of para-hydroxylation sites is 1. The molecule has 7 heteroatoms. The molecular weight excluding hydrogens is 434 g/mol. The number of aromatic nitrogens is 1. The summed E-state index contributed by atoms with van der Waals surface area (Å²) in [6.07, 6.45) is 0.588. The van der Waals surface area contributed by atoms with E-state index in [-0.39, 0.29) is 17.6 Å². The number of oxazole rings is 1. The van der Waals surface area contributed by atoms with Gasteiger partial charge in [-0.3, -0.25) is 10.1 Å². The first kappa shape index (κ1) is 22.5. The van der Waals surface area contributed by atoms with Crippen LogP contribution in [-0.2, 0) is 11.2 Å². The third-order valence-electron chi connectivity index (χ3n) is 5.14. The van der Waals surface area contributed by atoms with Gasteiger partial charge < -0.3 is 14.5 Å². The van der Waals surface area contributed by atoms with Gasteiger partial charge in [0.15, 0.2) is 23.2 Å². The molecule has 0 bridgehead atoms. The number of amides is 1. The van der Waals surface area contributed by atoms with Crippen molar-refractivity contribution in [3.8, 4) is 5.75 Å². The first-order valence-electron chi connectivity index (χ1n) is 10.6. The average Bonchev–Trinajstić information content (AvgIpc) is 3.17. The van der Waals surface area contributed by atoms with Gasteiger partial charge in [-0.1, -0.05) is 36.4 Å². The van der Waals surface area contributed by atoms with Crippen LogP contribution in [0.25, 0.3) is 11.1 Å². The van der Waals surface area contributed by atoms with Crippen molar-refractivity contribution < 1.29 is 13.9 Å². The number of hydrogen-bond acceptors (Lipinski definition) is 5. The zero-order valence-electron chi connectivity index (χ0n) is 18.8. The van der Waals surface area contributed by atoms with E-state index in [1.165, 1.54) is 5.56 Å². The number of benzene rings is 3. The molecule has 1 amide bonds. The Bertz CT molecular complexity index is 1310. The number of hydrogen-bond donors (Lipinski definition) is 2. The molecule has 0 saturated carbocycles. The highest BCUT2D eigenvalue weighted by atomic mass is 32.1. The Morgan fingerprint density at radius 2 is 1.79 bits per heavy atom. The molecule has 1 heterocycles. The van der Waals surface area contributed by atoms with E-state index in [1.54, 1.807) is 0 Å². The summed E-state index contributed by atoms with van der Waals surface area (Å²) >= 11 is 5.24. The van der Waals surface area contributed by atoms with Crippen molar-refractivity contribution in [1.29, 1.82) is 0 Å². The molecule has 0 aliphatic heterocycles. The summed E-state index contributed by atoms with van der Waals surface area (Å²) in [5.74, 6) is 1.02. The molecule has 6 nitrogen and oxygen atoms in total. The number of nitrogens with zero attached hydrogens (tertiary/aromatic N) is 1. The molecule has 2 N–H and O–H groups in total. The van der Waals surface area contributed by atoms with Crippen LogP contribution in [-0.4, -0.2) is 22.6 Å². The molecule has 0 aliphatic rings. The Hall–Kier alpha value is -3.71. The Labute approximate surface area is 198 Å². The molecule has 33 heavy (non-hydrogen) atoms. The van der Waals surface area contributed by atoms with Crippen molar-refractivity contribution in [3.63, 3.8) is 0 Å². The van der Waals surface area contributed by atoms with E-state index < -0.39 is 0 Å². The quantitative estimate of drug-likeness (QED) is 0.384. The van der Waals surface area contributed by atoms with E-state index in [0.29, 0.717) is 18.1 Å². The zero-order chi connectivity index (χ0) is 23.4. The van der Waals surface area contributed by atoms with E-state index >= 15 is 0 Å². The number of carbonyl (C=O) groups excluding carboxylic acids is 1. The van der Waals surface area contributed by atoms with Crippen molar-refractivity contribution >= 4 is 40.0 Å². The lowest BCUT2D eigenvalue weighted by atomic mass is 10.1. The number of ether oxygens (including phenoxy) is 1. The smallest absolute Gasteiger partial charge is 0.264 e. The number of fused-ring (bicyclic) bond motifs is 1. The molecule has 0 spiro atoms.